The summed E-state index contributed by atoms with van der Waals surface area (Å²) in [4.78, 5) is 21.6. The summed E-state index contributed by atoms with van der Waals surface area (Å²) in [6.45, 7) is 4.12. The van der Waals surface area contributed by atoms with Crippen molar-refractivity contribution in [1.29, 1.82) is 0 Å². The van der Waals surface area contributed by atoms with E-state index in [0.717, 1.165) is 15.8 Å². The lowest BCUT2D eigenvalue weighted by Gasteiger charge is -2.03. The lowest BCUT2D eigenvalue weighted by atomic mass is 10.2. The first-order valence-corrected chi connectivity index (χ1v) is 8.32. The Morgan fingerprint density at radius 2 is 2.12 bits per heavy atom. The van der Waals surface area contributed by atoms with E-state index >= 15 is 0 Å². The first kappa shape index (κ1) is 15.5. The Labute approximate surface area is 145 Å². The van der Waals surface area contributed by atoms with Crippen LogP contribution in [0.2, 0.25) is 0 Å². The van der Waals surface area contributed by atoms with Crippen LogP contribution in [0.1, 0.15) is 16.3 Å². The monoisotopic (exact) mass is 355 g/mol. The second-order valence-electron chi connectivity index (χ2n) is 5.52. The lowest BCUT2D eigenvalue weighted by Crippen LogP contribution is -2.00. The number of aromatic nitrogens is 4. The van der Waals surface area contributed by atoms with Crippen molar-refractivity contribution in [3.8, 4) is 5.75 Å². The third kappa shape index (κ3) is 2.58. The van der Waals surface area contributed by atoms with Gasteiger partial charge in [0.1, 0.15) is 11.2 Å². The first-order valence-electron chi connectivity index (χ1n) is 7.51. The molecule has 0 bridgehead atoms. The maximum Gasteiger partial charge on any atom is 0.310 e. The van der Waals surface area contributed by atoms with Crippen LogP contribution in [-0.4, -0.2) is 24.5 Å². The molecule has 25 heavy (non-hydrogen) atoms. The van der Waals surface area contributed by atoms with Gasteiger partial charge in [-0.1, -0.05) is 12.1 Å². The van der Waals surface area contributed by atoms with Crippen molar-refractivity contribution >= 4 is 32.9 Å². The number of hydrogen-bond donors (Lipinski definition) is 0. The Morgan fingerprint density at radius 3 is 2.92 bits per heavy atom. The normalized spacial score (nSPS) is 11.3. The number of nitrogens with zero attached hydrogens (tertiary/aromatic N) is 5. The van der Waals surface area contributed by atoms with Gasteiger partial charge in [-0.2, -0.15) is 0 Å². The fourth-order valence-electron chi connectivity index (χ4n) is 2.62. The van der Waals surface area contributed by atoms with Gasteiger partial charge < -0.3 is 4.74 Å². The minimum atomic E-state index is -0.475. The zero-order valence-electron chi connectivity index (χ0n) is 13.5. The number of fused-ring (bicyclic) bond motifs is 3. The quantitative estimate of drug-likeness (QED) is 0.411. The summed E-state index contributed by atoms with van der Waals surface area (Å²) in [6.07, 6.45) is 1.62. The number of nitro benzene ring substituents is 1. The molecule has 0 aliphatic carbocycles. The summed E-state index contributed by atoms with van der Waals surface area (Å²) in [5.41, 5.74) is 1.77. The van der Waals surface area contributed by atoms with Crippen molar-refractivity contribution in [3.63, 3.8) is 0 Å². The summed E-state index contributed by atoms with van der Waals surface area (Å²) in [5, 5.41) is 16.4. The van der Waals surface area contributed by atoms with Crippen LogP contribution in [0, 0.1) is 24.0 Å². The van der Waals surface area contributed by atoms with Crippen LogP contribution in [0.25, 0.3) is 15.9 Å². The molecule has 0 aliphatic rings. The first-order chi connectivity index (χ1) is 12.0. The minimum Gasteiger partial charge on any atom is -0.478 e. The Balaban J connectivity index is 1.69. The fraction of sp³-hybridized carbons (Fsp3) is 0.188. The van der Waals surface area contributed by atoms with Crippen LogP contribution in [0.4, 0.5) is 5.69 Å². The van der Waals surface area contributed by atoms with Gasteiger partial charge in [-0.05, 0) is 25.5 Å². The van der Waals surface area contributed by atoms with Crippen LogP contribution in [0.5, 0.6) is 5.75 Å². The van der Waals surface area contributed by atoms with Crippen molar-refractivity contribution < 1.29 is 9.66 Å². The van der Waals surface area contributed by atoms with Gasteiger partial charge in [-0.25, -0.2) is 14.5 Å². The molecule has 0 unspecified atom stereocenters. The number of hydrogen-bond acceptors (Lipinski definition) is 7. The summed E-state index contributed by atoms with van der Waals surface area (Å²) in [6, 6.07) is 6.24. The molecule has 0 radical (unpaired) electrons. The molecule has 1 aromatic carbocycles. The highest BCUT2D eigenvalue weighted by molar-refractivity contribution is 7.18. The van der Waals surface area contributed by atoms with E-state index in [-0.39, 0.29) is 18.0 Å². The zero-order chi connectivity index (χ0) is 17.6. The topological polar surface area (TPSA) is 95.5 Å². The largest absolute Gasteiger partial charge is 0.478 e. The molecule has 0 saturated carbocycles. The van der Waals surface area contributed by atoms with Crippen molar-refractivity contribution in [2.75, 3.05) is 0 Å². The average Bonchev–Trinajstić information content (AvgIpc) is 3.14. The number of rotatable bonds is 4. The third-order valence-electron chi connectivity index (χ3n) is 3.97. The van der Waals surface area contributed by atoms with Crippen molar-refractivity contribution in [3.05, 3.63) is 57.0 Å². The van der Waals surface area contributed by atoms with Gasteiger partial charge in [0.2, 0.25) is 0 Å². The van der Waals surface area contributed by atoms with Gasteiger partial charge in [-0.3, -0.25) is 10.1 Å². The molecule has 8 nitrogen and oxygen atoms in total. The smallest absolute Gasteiger partial charge is 0.310 e. The molecule has 0 atom stereocenters. The summed E-state index contributed by atoms with van der Waals surface area (Å²) in [7, 11) is 0. The second kappa shape index (κ2) is 5.78. The molecule has 0 spiro atoms. The predicted molar refractivity (Wildman–Crippen MR) is 93.1 cm³/mol. The highest BCUT2D eigenvalue weighted by Crippen LogP contribution is 2.31. The van der Waals surface area contributed by atoms with E-state index < -0.39 is 4.92 Å². The molecular formula is C16H13N5O3S. The van der Waals surface area contributed by atoms with Crippen LogP contribution in [0.3, 0.4) is 0 Å². The lowest BCUT2D eigenvalue weighted by molar-refractivity contribution is -0.385. The maximum atomic E-state index is 11.0. The van der Waals surface area contributed by atoms with Gasteiger partial charge in [0.15, 0.2) is 23.8 Å². The molecule has 3 heterocycles. The third-order valence-corrected chi connectivity index (χ3v) is 5.08. The molecule has 0 fully saturated rings. The molecule has 0 N–H and O–H groups in total. The van der Waals surface area contributed by atoms with Gasteiger partial charge in [-0.15, -0.1) is 16.4 Å². The Bertz CT molecular complexity index is 1120. The SMILES string of the molecule is Cc1sc2ncn3nc(COc4ccccc4[N+](=O)[O-])nc3c2c1C. The van der Waals surface area contributed by atoms with E-state index in [9.17, 15) is 10.1 Å². The number of para-hydroxylation sites is 2. The van der Waals surface area contributed by atoms with Crippen LogP contribution >= 0.6 is 11.3 Å². The van der Waals surface area contributed by atoms with E-state index in [2.05, 4.69) is 15.1 Å². The van der Waals surface area contributed by atoms with Gasteiger partial charge in [0.05, 0.1) is 10.3 Å². The van der Waals surface area contributed by atoms with E-state index in [0.29, 0.717) is 11.5 Å². The molecule has 3 aromatic heterocycles. The van der Waals surface area contributed by atoms with Crippen molar-refractivity contribution in [1.82, 2.24) is 19.6 Å². The number of benzene rings is 1. The molecule has 4 aromatic rings. The number of thiophene rings is 1. The predicted octanol–water partition coefficient (Wildman–Crippen LogP) is 3.44. The number of ether oxygens (including phenoxy) is 1. The fourth-order valence-corrected chi connectivity index (χ4v) is 3.61. The van der Waals surface area contributed by atoms with Crippen LogP contribution < -0.4 is 4.74 Å². The van der Waals surface area contributed by atoms with Crippen molar-refractivity contribution in [2.45, 2.75) is 20.5 Å². The molecule has 0 amide bonds. The number of aryl methyl sites for hydroxylation is 2. The van der Waals surface area contributed by atoms with E-state index in [1.807, 2.05) is 13.8 Å². The van der Waals surface area contributed by atoms with Gasteiger partial charge in [0, 0.05) is 10.9 Å². The van der Waals surface area contributed by atoms with E-state index in [1.54, 1.807) is 40.4 Å². The van der Waals surface area contributed by atoms with Gasteiger partial charge in [0.25, 0.3) is 0 Å². The summed E-state index contributed by atoms with van der Waals surface area (Å²) >= 11 is 1.62. The second-order valence-corrected chi connectivity index (χ2v) is 6.72. The van der Waals surface area contributed by atoms with Crippen LogP contribution in [0.15, 0.2) is 30.6 Å². The summed E-state index contributed by atoms with van der Waals surface area (Å²) < 4.78 is 7.17. The molecule has 126 valence electrons. The van der Waals surface area contributed by atoms with Crippen LogP contribution in [-0.2, 0) is 6.61 Å². The van der Waals surface area contributed by atoms with E-state index in [4.69, 9.17) is 4.74 Å². The average molecular weight is 355 g/mol. The molecule has 9 heteroatoms. The molecular weight excluding hydrogens is 342 g/mol. The molecule has 4 rings (SSSR count). The maximum absolute atomic E-state index is 11.0. The summed E-state index contributed by atoms with van der Waals surface area (Å²) in [5.74, 6) is 0.632. The number of nitro groups is 1. The Morgan fingerprint density at radius 1 is 1.32 bits per heavy atom. The van der Waals surface area contributed by atoms with Crippen molar-refractivity contribution in [2.24, 2.45) is 0 Å². The van der Waals surface area contributed by atoms with E-state index in [1.165, 1.54) is 10.9 Å². The zero-order valence-corrected chi connectivity index (χ0v) is 14.3. The minimum absolute atomic E-state index is 0.0379. The standard InChI is InChI=1S/C16H13N5O3S/c1-9-10(2)25-16-14(9)15-18-13(19-20(15)8-17-16)7-24-12-6-4-3-5-11(12)21(22)23/h3-6,8H,7H2,1-2H3. The highest BCUT2D eigenvalue weighted by atomic mass is 32.1. The molecule has 0 saturated heterocycles. The Kier molecular flexibility index (Phi) is 3.57. The van der Waals surface area contributed by atoms with Gasteiger partial charge >= 0.3 is 5.69 Å². The molecule has 0 aliphatic heterocycles. The Hall–Kier alpha value is -3.07. The highest BCUT2D eigenvalue weighted by Gasteiger charge is 2.17.